The lowest BCUT2D eigenvalue weighted by atomic mass is 10.3. The lowest BCUT2D eigenvalue weighted by molar-refractivity contribution is -0.117. The highest BCUT2D eigenvalue weighted by molar-refractivity contribution is 5.93. The van der Waals surface area contributed by atoms with Crippen LogP contribution in [0, 0.1) is 6.92 Å². The molecule has 0 saturated heterocycles. The minimum Gasteiger partial charge on any atom is -0.310 e. The standard InChI is InChI=1S/C9H16N4O/c1-6-5-8(13(4)12-6)11-9(14)7(2)10-3/h5,7,10H,1-4H3,(H,11,14). The predicted octanol–water partition coefficient (Wildman–Crippen LogP) is 0.275. The third-order valence-corrected chi connectivity index (χ3v) is 2.08. The molecular weight excluding hydrogens is 180 g/mol. The molecule has 0 bridgehead atoms. The van der Waals surface area contributed by atoms with Crippen LogP contribution in [0.4, 0.5) is 5.82 Å². The second-order valence-corrected chi connectivity index (χ2v) is 3.29. The van der Waals surface area contributed by atoms with Crippen LogP contribution in [0.15, 0.2) is 6.07 Å². The van der Waals surface area contributed by atoms with Crippen molar-refractivity contribution in [3.63, 3.8) is 0 Å². The lowest BCUT2D eigenvalue weighted by Crippen LogP contribution is -2.35. The quantitative estimate of drug-likeness (QED) is 0.729. The van der Waals surface area contributed by atoms with Crippen molar-refractivity contribution in [3.8, 4) is 0 Å². The Bertz CT molecular complexity index is 332. The summed E-state index contributed by atoms with van der Waals surface area (Å²) >= 11 is 0. The molecule has 0 saturated carbocycles. The van der Waals surface area contributed by atoms with Crippen LogP contribution in [0.25, 0.3) is 0 Å². The van der Waals surface area contributed by atoms with Crippen LogP contribution in [-0.2, 0) is 11.8 Å². The van der Waals surface area contributed by atoms with Gasteiger partial charge in [0.05, 0.1) is 11.7 Å². The number of hydrogen-bond acceptors (Lipinski definition) is 3. The highest BCUT2D eigenvalue weighted by atomic mass is 16.2. The zero-order valence-electron chi connectivity index (χ0n) is 8.96. The van der Waals surface area contributed by atoms with Crippen LogP contribution in [0.1, 0.15) is 12.6 Å². The maximum absolute atomic E-state index is 11.5. The van der Waals surface area contributed by atoms with Gasteiger partial charge in [0.15, 0.2) is 0 Å². The number of nitrogens with zero attached hydrogens (tertiary/aromatic N) is 2. The summed E-state index contributed by atoms with van der Waals surface area (Å²) in [6.45, 7) is 3.69. The highest BCUT2D eigenvalue weighted by Gasteiger charge is 2.12. The van der Waals surface area contributed by atoms with Gasteiger partial charge in [-0.2, -0.15) is 5.10 Å². The van der Waals surface area contributed by atoms with Crippen LogP contribution in [0.5, 0.6) is 0 Å². The molecule has 0 spiro atoms. The van der Waals surface area contributed by atoms with E-state index < -0.39 is 0 Å². The van der Waals surface area contributed by atoms with Crippen molar-refractivity contribution in [1.82, 2.24) is 15.1 Å². The SMILES string of the molecule is CNC(C)C(=O)Nc1cc(C)nn1C. The summed E-state index contributed by atoms with van der Waals surface area (Å²) in [5.41, 5.74) is 0.889. The number of anilines is 1. The van der Waals surface area contributed by atoms with Crippen molar-refractivity contribution in [2.45, 2.75) is 19.9 Å². The minimum absolute atomic E-state index is 0.0597. The first-order valence-electron chi connectivity index (χ1n) is 4.53. The molecule has 1 heterocycles. The number of rotatable bonds is 3. The van der Waals surface area contributed by atoms with E-state index in [0.29, 0.717) is 0 Å². The molecule has 0 aliphatic heterocycles. The normalized spacial score (nSPS) is 12.6. The molecule has 2 N–H and O–H groups in total. The van der Waals surface area contributed by atoms with Gasteiger partial charge in [-0.3, -0.25) is 9.48 Å². The van der Waals surface area contributed by atoms with Gasteiger partial charge in [0.25, 0.3) is 0 Å². The van der Waals surface area contributed by atoms with Gasteiger partial charge in [-0.1, -0.05) is 0 Å². The Morgan fingerprint density at radius 2 is 2.29 bits per heavy atom. The van der Waals surface area contributed by atoms with Crippen LogP contribution in [0.3, 0.4) is 0 Å². The summed E-state index contributed by atoms with van der Waals surface area (Å²) in [5.74, 6) is 0.658. The number of aromatic nitrogens is 2. The molecule has 0 aliphatic carbocycles. The average molecular weight is 196 g/mol. The molecule has 0 aliphatic rings. The highest BCUT2D eigenvalue weighted by Crippen LogP contribution is 2.07. The van der Waals surface area contributed by atoms with E-state index in [-0.39, 0.29) is 11.9 Å². The molecule has 5 nitrogen and oxygen atoms in total. The Labute approximate surface area is 83.5 Å². The first-order chi connectivity index (χ1) is 6.54. The maximum atomic E-state index is 11.5. The Morgan fingerprint density at radius 3 is 2.71 bits per heavy atom. The molecule has 5 heteroatoms. The summed E-state index contributed by atoms with van der Waals surface area (Å²) in [7, 11) is 3.55. The van der Waals surface area contributed by atoms with Gasteiger partial charge in [0.2, 0.25) is 5.91 Å². The van der Waals surface area contributed by atoms with Crippen LogP contribution in [0.2, 0.25) is 0 Å². The third kappa shape index (κ3) is 2.32. The number of amides is 1. The molecule has 1 aromatic heterocycles. The van der Waals surface area contributed by atoms with Gasteiger partial charge < -0.3 is 10.6 Å². The van der Waals surface area contributed by atoms with Crippen molar-refractivity contribution >= 4 is 11.7 Å². The second kappa shape index (κ2) is 4.23. The summed E-state index contributed by atoms with van der Waals surface area (Å²) < 4.78 is 1.65. The fraction of sp³-hybridized carbons (Fsp3) is 0.556. The number of carbonyl (C=O) groups excluding carboxylic acids is 1. The van der Waals surface area contributed by atoms with E-state index in [1.54, 1.807) is 25.7 Å². The number of likely N-dealkylation sites (N-methyl/N-ethyl adjacent to an activating group) is 1. The Hall–Kier alpha value is -1.36. The minimum atomic E-state index is -0.204. The second-order valence-electron chi connectivity index (χ2n) is 3.29. The largest absolute Gasteiger partial charge is 0.310 e. The Balaban J connectivity index is 2.69. The van der Waals surface area contributed by atoms with Gasteiger partial charge in [0.1, 0.15) is 5.82 Å². The molecule has 1 aromatic rings. The van der Waals surface area contributed by atoms with E-state index in [9.17, 15) is 4.79 Å². The smallest absolute Gasteiger partial charge is 0.242 e. The molecule has 1 amide bonds. The zero-order chi connectivity index (χ0) is 10.7. The molecule has 0 aromatic carbocycles. The van der Waals surface area contributed by atoms with E-state index in [1.165, 1.54) is 0 Å². The number of carbonyl (C=O) groups is 1. The summed E-state index contributed by atoms with van der Waals surface area (Å²) in [6, 6.07) is 1.63. The molecule has 14 heavy (non-hydrogen) atoms. The third-order valence-electron chi connectivity index (χ3n) is 2.08. The maximum Gasteiger partial charge on any atom is 0.242 e. The molecule has 0 radical (unpaired) electrons. The van der Waals surface area contributed by atoms with E-state index in [2.05, 4.69) is 15.7 Å². The van der Waals surface area contributed by atoms with Gasteiger partial charge in [-0.15, -0.1) is 0 Å². The first kappa shape index (κ1) is 10.7. The van der Waals surface area contributed by atoms with Crippen molar-refractivity contribution in [2.24, 2.45) is 7.05 Å². The monoisotopic (exact) mass is 196 g/mol. The van der Waals surface area contributed by atoms with Crippen LogP contribution < -0.4 is 10.6 Å². The van der Waals surface area contributed by atoms with E-state index >= 15 is 0 Å². The van der Waals surface area contributed by atoms with E-state index in [0.717, 1.165) is 11.5 Å². The van der Waals surface area contributed by atoms with Gasteiger partial charge >= 0.3 is 0 Å². The van der Waals surface area contributed by atoms with E-state index in [1.807, 2.05) is 13.0 Å². The van der Waals surface area contributed by atoms with Gasteiger partial charge in [-0.25, -0.2) is 0 Å². The predicted molar refractivity (Wildman–Crippen MR) is 55.1 cm³/mol. The number of aryl methyl sites for hydroxylation is 2. The Morgan fingerprint density at radius 1 is 1.64 bits per heavy atom. The van der Waals surface area contributed by atoms with Crippen LogP contribution >= 0.6 is 0 Å². The lowest BCUT2D eigenvalue weighted by Gasteiger charge is -2.10. The molecule has 1 atom stereocenters. The molecule has 1 unspecified atom stereocenters. The summed E-state index contributed by atoms with van der Waals surface area (Å²) in [4.78, 5) is 11.5. The molecule has 0 fully saturated rings. The average Bonchev–Trinajstić information content (AvgIpc) is 2.44. The summed E-state index contributed by atoms with van der Waals surface area (Å²) in [6.07, 6.45) is 0. The van der Waals surface area contributed by atoms with E-state index in [4.69, 9.17) is 0 Å². The van der Waals surface area contributed by atoms with Crippen molar-refractivity contribution in [3.05, 3.63) is 11.8 Å². The number of hydrogen-bond donors (Lipinski definition) is 2. The van der Waals surface area contributed by atoms with Gasteiger partial charge in [0, 0.05) is 13.1 Å². The fourth-order valence-corrected chi connectivity index (χ4v) is 1.09. The zero-order valence-corrected chi connectivity index (χ0v) is 8.96. The topological polar surface area (TPSA) is 59.0 Å². The Kier molecular flexibility index (Phi) is 3.24. The van der Waals surface area contributed by atoms with Crippen molar-refractivity contribution in [2.75, 3.05) is 12.4 Å². The molecule has 1 rings (SSSR count). The summed E-state index contributed by atoms with van der Waals surface area (Å²) in [5, 5.41) is 9.78. The molecular formula is C9H16N4O. The van der Waals surface area contributed by atoms with Crippen molar-refractivity contribution in [1.29, 1.82) is 0 Å². The van der Waals surface area contributed by atoms with Crippen molar-refractivity contribution < 1.29 is 4.79 Å². The van der Waals surface area contributed by atoms with Gasteiger partial charge in [-0.05, 0) is 20.9 Å². The number of nitrogens with one attached hydrogen (secondary N) is 2. The molecule has 78 valence electrons. The fourth-order valence-electron chi connectivity index (χ4n) is 1.09. The first-order valence-corrected chi connectivity index (χ1v) is 4.53. The van der Waals surface area contributed by atoms with Crippen LogP contribution in [-0.4, -0.2) is 28.8 Å².